The maximum absolute atomic E-state index is 13.9. The summed E-state index contributed by atoms with van der Waals surface area (Å²) in [5, 5.41) is 2.06. The van der Waals surface area contributed by atoms with Crippen molar-refractivity contribution >= 4 is 29.3 Å². The van der Waals surface area contributed by atoms with E-state index in [2.05, 4.69) is 5.32 Å². The van der Waals surface area contributed by atoms with Crippen molar-refractivity contribution in [1.29, 1.82) is 0 Å². The highest BCUT2D eigenvalue weighted by atomic mass is 19.1. The number of halogens is 1. The first kappa shape index (κ1) is 13.2. The Morgan fingerprint density at radius 2 is 1.90 bits per heavy atom. The maximum atomic E-state index is 13.9. The number of amides is 4. The number of nitrogens with one attached hydrogen (secondary N) is 1. The van der Waals surface area contributed by atoms with Crippen molar-refractivity contribution in [3.63, 3.8) is 0 Å². The van der Waals surface area contributed by atoms with E-state index >= 15 is 0 Å². The summed E-state index contributed by atoms with van der Waals surface area (Å²) in [6.07, 6.45) is 0.0294. The molecule has 3 rings (SSSR count). The SMILES string of the molecule is Nc1ccc2c(c1F)C(=O)N(C1CCC(=O)NC1=O)C2=O. The minimum absolute atomic E-state index is 0.00837. The van der Waals surface area contributed by atoms with Crippen molar-refractivity contribution in [1.82, 2.24) is 10.2 Å². The molecule has 0 aromatic heterocycles. The molecule has 1 fully saturated rings. The summed E-state index contributed by atoms with van der Waals surface area (Å²) in [5.41, 5.74) is 4.58. The number of nitrogens with zero attached hydrogens (tertiary/aromatic N) is 1. The Morgan fingerprint density at radius 3 is 2.57 bits per heavy atom. The van der Waals surface area contributed by atoms with Gasteiger partial charge in [0.1, 0.15) is 6.04 Å². The van der Waals surface area contributed by atoms with Crippen LogP contribution in [0.25, 0.3) is 0 Å². The van der Waals surface area contributed by atoms with Crippen LogP contribution in [0.15, 0.2) is 12.1 Å². The Hall–Kier alpha value is -2.77. The zero-order valence-corrected chi connectivity index (χ0v) is 10.7. The number of hydrogen-bond donors (Lipinski definition) is 2. The number of rotatable bonds is 1. The third-order valence-electron chi connectivity index (χ3n) is 3.58. The molecule has 2 heterocycles. The molecule has 1 saturated heterocycles. The van der Waals surface area contributed by atoms with Gasteiger partial charge in [0, 0.05) is 6.42 Å². The lowest BCUT2D eigenvalue weighted by Crippen LogP contribution is -2.54. The predicted molar refractivity (Wildman–Crippen MR) is 67.5 cm³/mol. The van der Waals surface area contributed by atoms with Gasteiger partial charge in [-0.25, -0.2) is 4.39 Å². The number of imide groups is 2. The first-order valence-electron chi connectivity index (χ1n) is 6.21. The van der Waals surface area contributed by atoms with E-state index in [1.54, 1.807) is 0 Å². The van der Waals surface area contributed by atoms with E-state index in [9.17, 15) is 23.6 Å². The zero-order valence-electron chi connectivity index (χ0n) is 10.7. The van der Waals surface area contributed by atoms with Crippen LogP contribution in [0.3, 0.4) is 0 Å². The Balaban J connectivity index is 2.02. The van der Waals surface area contributed by atoms with E-state index in [1.807, 2.05) is 0 Å². The van der Waals surface area contributed by atoms with Gasteiger partial charge in [0.05, 0.1) is 16.8 Å². The number of hydrogen-bond acceptors (Lipinski definition) is 5. The first-order chi connectivity index (χ1) is 9.91. The van der Waals surface area contributed by atoms with E-state index in [1.165, 1.54) is 12.1 Å². The standard InChI is InChI=1S/C13H10FN3O4/c14-10-6(15)2-1-5-9(10)13(21)17(12(5)20)7-3-4-8(18)16-11(7)19/h1-2,7H,3-4,15H2,(H,16,18,19). The predicted octanol–water partition coefficient (Wildman–Crippen LogP) is -0.191. The summed E-state index contributed by atoms with van der Waals surface area (Å²) in [7, 11) is 0. The third kappa shape index (κ3) is 1.79. The molecule has 0 radical (unpaired) electrons. The van der Waals surface area contributed by atoms with Gasteiger partial charge in [0.2, 0.25) is 11.8 Å². The number of nitrogen functional groups attached to an aromatic ring is 1. The number of carbonyl (C=O) groups excluding carboxylic acids is 4. The smallest absolute Gasteiger partial charge is 0.265 e. The number of anilines is 1. The molecule has 108 valence electrons. The molecule has 2 aliphatic heterocycles. The van der Waals surface area contributed by atoms with Gasteiger partial charge in [0.25, 0.3) is 11.8 Å². The lowest BCUT2D eigenvalue weighted by Gasteiger charge is -2.27. The van der Waals surface area contributed by atoms with Crippen LogP contribution >= 0.6 is 0 Å². The monoisotopic (exact) mass is 291 g/mol. The highest BCUT2D eigenvalue weighted by Crippen LogP contribution is 2.31. The molecule has 2 aliphatic rings. The lowest BCUT2D eigenvalue weighted by atomic mass is 10.0. The molecule has 0 bridgehead atoms. The van der Waals surface area contributed by atoms with Crippen LogP contribution < -0.4 is 11.1 Å². The Bertz CT molecular complexity index is 716. The maximum Gasteiger partial charge on any atom is 0.265 e. The van der Waals surface area contributed by atoms with Gasteiger partial charge < -0.3 is 5.73 Å². The molecule has 0 aliphatic carbocycles. The van der Waals surface area contributed by atoms with Gasteiger partial charge in [-0.1, -0.05) is 0 Å². The average Bonchev–Trinajstić information content (AvgIpc) is 2.67. The van der Waals surface area contributed by atoms with E-state index < -0.39 is 41.1 Å². The van der Waals surface area contributed by atoms with Crippen LogP contribution in [0, 0.1) is 5.82 Å². The Morgan fingerprint density at radius 1 is 1.19 bits per heavy atom. The average molecular weight is 291 g/mol. The number of nitrogens with two attached hydrogens (primary N) is 1. The summed E-state index contributed by atoms with van der Waals surface area (Å²) in [6.45, 7) is 0. The molecule has 7 nitrogen and oxygen atoms in total. The van der Waals surface area contributed by atoms with Crippen molar-refractivity contribution in [3.05, 3.63) is 29.1 Å². The first-order valence-corrected chi connectivity index (χ1v) is 6.21. The molecule has 4 amide bonds. The van der Waals surface area contributed by atoms with Gasteiger partial charge in [0.15, 0.2) is 5.82 Å². The molecule has 1 aromatic carbocycles. The molecule has 3 N–H and O–H groups in total. The molecule has 1 atom stereocenters. The lowest BCUT2D eigenvalue weighted by molar-refractivity contribution is -0.136. The van der Waals surface area contributed by atoms with Crippen molar-refractivity contribution in [3.8, 4) is 0 Å². The highest BCUT2D eigenvalue weighted by molar-refractivity contribution is 6.23. The fourth-order valence-electron chi connectivity index (χ4n) is 2.53. The minimum atomic E-state index is -1.12. The fourth-order valence-corrected chi connectivity index (χ4v) is 2.53. The minimum Gasteiger partial charge on any atom is -0.396 e. The van der Waals surface area contributed by atoms with Gasteiger partial charge in [-0.3, -0.25) is 29.4 Å². The molecular formula is C13H10FN3O4. The highest BCUT2D eigenvalue weighted by Gasteiger charge is 2.46. The van der Waals surface area contributed by atoms with E-state index in [-0.39, 0.29) is 24.1 Å². The van der Waals surface area contributed by atoms with E-state index in [0.29, 0.717) is 4.90 Å². The van der Waals surface area contributed by atoms with Crippen molar-refractivity contribution in [2.24, 2.45) is 0 Å². The topological polar surface area (TPSA) is 110 Å². The Kier molecular flexibility index (Phi) is 2.75. The molecule has 1 unspecified atom stereocenters. The zero-order chi connectivity index (χ0) is 15.3. The second kappa shape index (κ2) is 4.37. The molecular weight excluding hydrogens is 281 g/mol. The summed E-state index contributed by atoms with van der Waals surface area (Å²) < 4.78 is 13.9. The largest absolute Gasteiger partial charge is 0.396 e. The van der Waals surface area contributed by atoms with Crippen LogP contribution in [0.5, 0.6) is 0 Å². The molecule has 21 heavy (non-hydrogen) atoms. The third-order valence-corrected chi connectivity index (χ3v) is 3.58. The summed E-state index contributed by atoms with van der Waals surface area (Å²) >= 11 is 0. The van der Waals surface area contributed by atoms with Gasteiger partial charge in [-0.2, -0.15) is 0 Å². The second-order valence-corrected chi connectivity index (χ2v) is 4.84. The van der Waals surface area contributed by atoms with Crippen LogP contribution in [-0.4, -0.2) is 34.6 Å². The Labute approximate surface area is 117 Å². The van der Waals surface area contributed by atoms with Crippen LogP contribution in [0.4, 0.5) is 10.1 Å². The van der Waals surface area contributed by atoms with E-state index in [4.69, 9.17) is 5.73 Å². The van der Waals surface area contributed by atoms with Crippen LogP contribution in [0.1, 0.15) is 33.6 Å². The van der Waals surface area contributed by atoms with Crippen molar-refractivity contribution in [2.75, 3.05) is 5.73 Å². The van der Waals surface area contributed by atoms with Crippen LogP contribution in [0.2, 0.25) is 0 Å². The molecule has 8 heteroatoms. The molecule has 0 saturated carbocycles. The number of carbonyl (C=O) groups is 4. The van der Waals surface area contributed by atoms with Gasteiger partial charge >= 0.3 is 0 Å². The number of fused-ring (bicyclic) bond motifs is 1. The molecule has 1 aromatic rings. The second-order valence-electron chi connectivity index (χ2n) is 4.84. The number of piperidine rings is 1. The fraction of sp³-hybridized carbons (Fsp3) is 0.231. The van der Waals surface area contributed by atoms with Crippen molar-refractivity contribution < 1.29 is 23.6 Å². The summed E-state index contributed by atoms with van der Waals surface area (Å²) in [4.78, 5) is 48.1. The van der Waals surface area contributed by atoms with Gasteiger partial charge in [-0.15, -0.1) is 0 Å². The summed E-state index contributed by atoms with van der Waals surface area (Å²) in [5.74, 6) is -3.85. The summed E-state index contributed by atoms with van der Waals surface area (Å²) in [6, 6.07) is 1.32. The van der Waals surface area contributed by atoms with E-state index in [0.717, 1.165) is 0 Å². The normalized spacial score (nSPS) is 21.6. The van der Waals surface area contributed by atoms with Crippen molar-refractivity contribution in [2.45, 2.75) is 18.9 Å². The van der Waals surface area contributed by atoms with Crippen LogP contribution in [-0.2, 0) is 9.59 Å². The quantitative estimate of drug-likeness (QED) is 0.550. The molecule has 0 spiro atoms. The van der Waals surface area contributed by atoms with Gasteiger partial charge in [-0.05, 0) is 18.6 Å². The number of benzene rings is 1.